The molecule has 2 bridgehead atoms. The number of nitriles is 1. The number of carbonyl (C=O) groups excluding carboxylic acids is 1. The van der Waals surface area contributed by atoms with Gasteiger partial charge in [-0.1, -0.05) is 31.4 Å². The smallest absolute Gasteiger partial charge is 0.317 e. The van der Waals surface area contributed by atoms with Gasteiger partial charge in [0.2, 0.25) is 0 Å². The average Bonchev–Trinajstić information content (AvgIpc) is 2.80. The Hall–Kier alpha value is -3.07. The van der Waals surface area contributed by atoms with Crippen molar-refractivity contribution in [1.29, 1.82) is 5.26 Å². The monoisotopic (exact) mass is 416 g/mol. The molecule has 1 aromatic carbocycles. The lowest BCUT2D eigenvalue weighted by Gasteiger charge is -2.43. The number of benzene rings is 1. The summed E-state index contributed by atoms with van der Waals surface area (Å²) in [7, 11) is 0. The Morgan fingerprint density at radius 1 is 1.06 bits per heavy atom. The highest BCUT2D eigenvalue weighted by atomic mass is 16.2. The summed E-state index contributed by atoms with van der Waals surface area (Å²) in [4.78, 5) is 28.2. The van der Waals surface area contributed by atoms with Crippen molar-refractivity contribution in [3.8, 4) is 17.2 Å². The molecule has 1 saturated heterocycles. The third-order valence-electron chi connectivity index (χ3n) is 7.13. The lowest BCUT2D eigenvalue weighted by molar-refractivity contribution is 0.127. The molecule has 0 spiro atoms. The number of rotatable bonds is 2. The zero-order valence-corrected chi connectivity index (χ0v) is 17.7. The topological polar surface area (TPSA) is 78.1 Å². The average molecular weight is 417 g/mol. The summed E-state index contributed by atoms with van der Waals surface area (Å²) in [6.07, 6.45) is 6.86. The highest BCUT2D eigenvalue weighted by molar-refractivity contribution is 5.75. The van der Waals surface area contributed by atoms with E-state index in [9.17, 15) is 14.9 Å². The van der Waals surface area contributed by atoms with E-state index in [1.807, 2.05) is 33.7 Å². The molecule has 31 heavy (non-hydrogen) atoms. The summed E-state index contributed by atoms with van der Waals surface area (Å²) in [5.41, 5.74) is 2.99. The molecule has 6 nitrogen and oxygen atoms in total. The van der Waals surface area contributed by atoms with E-state index < -0.39 is 0 Å². The van der Waals surface area contributed by atoms with Crippen LogP contribution in [0.25, 0.3) is 11.1 Å². The van der Waals surface area contributed by atoms with E-state index in [-0.39, 0.29) is 17.5 Å². The van der Waals surface area contributed by atoms with Crippen molar-refractivity contribution < 1.29 is 4.79 Å². The minimum atomic E-state index is 0.00222. The Bertz CT molecular complexity index is 1090. The van der Waals surface area contributed by atoms with E-state index >= 15 is 0 Å². The first kappa shape index (κ1) is 19.9. The summed E-state index contributed by atoms with van der Waals surface area (Å²) < 4.78 is 1.91. The van der Waals surface area contributed by atoms with Crippen LogP contribution in [0.3, 0.4) is 0 Å². The molecule has 1 aliphatic carbocycles. The van der Waals surface area contributed by atoms with Crippen LogP contribution in [0.4, 0.5) is 4.79 Å². The minimum Gasteiger partial charge on any atom is -0.335 e. The molecule has 1 aromatic heterocycles. The predicted octanol–water partition coefficient (Wildman–Crippen LogP) is 3.85. The second-order valence-electron chi connectivity index (χ2n) is 9.27. The number of hydrogen-bond donors (Lipinski definition) is 1. The van der Waals surface area contributed by atoms with Gasteiger partial charge in [-0.2, -0.15) is 5.26 Å². The molecule has 2 atom stereocenters. The van der Waals surface area contributed by atoms with Crippen molar-refractivity contribution in [1.82, 2.24) is 14.8 Å². The number of pyridine rings is 1. The van der Waals surface area contributed by atoms with Crippen molar-refractivity contribution in [2.45, 2.75) is 57.0 Å². The molecule has 6 heteroatoms. The van der Waals surface area contributed by atoms with Gasteiger partial charge >= 0.3 is 6.03 Å². The third-order valence-corrected chi connectivity index (χ3v) is 7.13. The Kier molecular flexibility index (Phi) is 5.27. The van der Waals surface area contributed by atoms with Gasteiger partial charge in [-0.15, -0.1) is 0 Å². The Balaban J connectivity index is 1.38. The fourth-order valence-corrected chi connectivity index (χ4v) is 5.60. The number of nitrogens with one attached hydrogen (secondary N) is 1. The van der Waals surface area contributed by atoms with Gasteiger partial charge in [0.25, 0.3) is 5.56 Å². The van der Waals surface area contributed by atoms with Crippen LogP contribution in [0, 0.1) is 17.2 Å². The number of urea groups is 1. The standard InChI is InChI=1S/C25H28N4O2/c26-13-17-5-4-6-19(11-17)22-9-10-23-20-12-18(15-29(23)24(22)30)14-28(16-20)25(31)27-21-7-2-1-3-8-21/h4-6,9-11,18,20-21H,1-3,7-8,12,14-16H2,(H,27,31)/t18-,20-/m1/s1. The highest BCUT2D eigenvalue weighted by Crippen LogP contribution is 2.36. The van der Waals surface area contributed by atoms with Crippen LogP contribution in [0.2, 0.25) is 0 Å². The van der Waals surface area contributed by atoms with Crippen LogP contribution < -0.4 is 10.9 Å². The molecule has 3 heterocycles. The summed E-state index contributed by atoms with van der Waals surface area (Å²) in [5, 5.41) is 12.4. The summed E-state index contributed by atoms with van der Waals surface area (Å²) in [5.74, 6) is 0.485. The van der Waals surface area contributed by atoms with Gasteiger partial charge in [0.15, 0.2) is 0 Å². The fourth-order valence-electron chi connectivity index (χ4n) is 5.60. The van der Waals surface area contributed by atoms with Gasteiger partial charge in [0, 0.05) is 42.9 Å². The van der Waals surface area contributed by atoms with Crippen molar-refractivity contribution >= 4 is 6.03 Å². The molecule has 2 amide bonds. The number of carbonyl (C=O) groups is 1. The van der Waals surface area contributed by atoms with E-state index in [1.54, 1.807) is 12.1 Å². The van der Waals surface area contributed by atoms with Crippen LogP contribution >= 0.6 is 0 Å². The van der Waals surface area contributed by atoms with Gasteiger partial charge in [-0.25, -0.2) is 4.79 Å². The molecule has 160 valence electrons. The maximum Gasteiger partial charge on any atom is 0.317 e. The van der Waals surface area contributed by atoms with Crippen molar-refractivity contribution in [3.63, 3.8) is 0 Å². The molecule has 2 fully saturated rings. The summed E-state index contributed by atoms with van der Waals surface area (Å²) in [6.45, 7) is 2.01. The van der Waals surface area contributed by atoms with E-state index in [0.717, 1.165) is 30.5 Å². The van der Waals surface area contributed by atoms with Gasteiger partial charge in [-0.3, -0.25) is 4.79 Å². The molecule has 0 unspecified atom stereocenters. The molecule has 3 aliphatic rings. The maximum absolute atomic E-state index is 13.3. The van der Waals surface area contributed by atoms with Crippen molar-refractivity contribution in [3.05, 3.63) is 58.0 Å². The van der Waals surface area contributed by atoms with Crippen molar-refractivity contribution in [2.24, 2.45) is 5.92 Å². The third kappa shape index (κ3) is 3.85. The predicted molar refractivity (Wildman–Crippen MR) is 119 cm³/mol. The zero-order valence-electron chi connectivity index (χ0n) is 17.7. The van der Waals surface area contributed by atoms with E-state index in [4.69, 9.17) is 0 Å². The Labute approximate surface area is 182 Å². The molecule has 2 aliphatic heterocycles. The van der Waals surface area contributed by atoms with Gasteiger partial charge in [-0.05, 0) is 55.0 Å². The van der Waals surface area contributed by atoms with E-state index in [2.05, 4.69) is 11.4 Å². The van der Waals surface area contributed by atoms with Crippen LogP contribution in [-0.2, 0) is 6.54 Å². The number of aromatic nitrogens is 1. The van der Waals surface area contributed by atoms with Crippen LogP contribution in [0.1, 0.15) is 55.7 Å². The van der Waals surface area contributed by atoms with Crippen LogP contribution in [0.15, 0.2) is 41.2 Å². The van der Waals surface area contributed by atoms with E-state index in [1.165, 1.54) is 19.3 Å². The first-order chi connectivity index (χ1) is 15.1. The molecule has 5 rings (SSSR count). The SMILES string of the molecule is N#Cc1cccc(-c2ccc3n(c2=O)C[C@@H]2C[C@@H]3CN(C(=O)NC3CCCCC3)C2)c1. The highest BCUT2D eigenvalue weighted by Gasteiger charge is 2.37. The quantitative estimate of drug-likeness (QED) is 0.808. The minimum absolute atomic E-state index is 0.00222. The Morgan fingerprint density at radius 3 is 2.71 bits per heavy atom. The molecule has 0 radical (unpaired) electrons. The summed E-state index contributed by atoms with van der Waals surface area (Å²) in [6, 6.07) is 13.6. The van der Waals surface area contributed by atoms with Crippen LogP contribution in [-0.4, -0.2) is 34.6 Å². The lowest BCUT2D eigenvalue weighted by Crippen LogP contribution is -2.53. The second kappa shape index (κ2) is 8.22. The number of hydrogen-bond acceptors (Lipinski definition) is 3. The molecule has 2 aromatic rings. The first-order valence-corrected chi connectivity index (χ1v) is 11.4. The fraction of sp³-hybridized carbons (Fsp3) is 0.480. The van der Waals surface area contributed by atoms with Crippen LogP contribution in [0.5, 0.6) is 0 Å². The lowest BCUT2D eigenvalue weighted by atomic mass is 9.83. The van der Waals surface area contributed by atoms with Gasteiger partial charge in [0.05, 0.1) is 11.6 Å². The number of likely N-dealkylation sites (tertiary alicyclic amines) is 1. The van der Waals surface area contributed by atoms with E-state index in [0.29, 0.717) is 42.7 Å². The Morgan fingerprint density at radius 2 is 1.90 bits per heavy atom. The number of nitrogens with zero attached hydrogens (tertiary/aromatic N) is 3. The molecular formula is C25H28N4O2. The normalized spacial score (nSPS) is 23.0. The number of amides is 2. The first-order valence-electron chi connectivity index (χ1n) is 11.4. The molecule has 1 N–H and O–H groups in total. The largest absolute Gasteiger partial charge is 0.335 e. The maximum atomic E-state index is 13.3. The zero-order chi connectivity index (χ0) is 21.4. The van der Waals surface area contributed by atoms with Gasteiger partial charge in [0.1, 0.15) is 0 Å². The second-order valence-corrected chi connectivity index (χ2v) is 9.27. The molecule has 1 saturated carbocycles. The summed E-state index contributed by atoms with van der Waals surface area (Å²) >= 11 is 0. The van der Waals surface area contributed by atoms with Crippen molar-refractivity contribution in [2.75, 3.05) is 13.1 Å². The molecular weight excluding hydrogens is 388 g/mol. The number of fused-ring (bicyclic) bond motifs is 4. The van der Waals surface area contributed by atoms with Gasteiger partial charge < -0.3 is 14.8 Å². The number of piperidine rings is 1.